The van der Waals surface area contributed by atoms with Crippen molar-refractivity contribution in [3.63, 3.8) is 0 Å². The summed E-state index contributed by atoms with van der Waals surface area (Å²) < 4.78 is 0. The molecule has 0 bridgehead atoms. The molecule has 0 N–H and O–H groups in total. The highest BCUT2D eigenvalue weighted by atomic mass is 14.2. The van der Waals surface area contributed by atoms with Crippen LogP contribution in [0.1, 0.15) is 24.5 Å². The van der Waals surface area contributed by atoms with Gasteiger partial charge in [0.25, 0.3) is 0 Å². The standard InChI is InChI=1S/C17H16/c1-11-7-6-10-16-12(2)14-8-4-5-9-15(14)13(3)17(11)16/h4-5,7-9H,2-3,6,10H2,1H3. The van der Waals surface area contributed by atoms with E-state index in [9.17, 15) is 0 Å². The van der Waals surface area contributed by atoms with Crippen LogP contribution in [0.5, 0.6) is 0 Å². The van der Waals surface area contributed by atoms with E-state index in [2.05, 4.69) is 50.4 Å². The molecule has 1 aliphatic rings. The zero-order valence-electron chi connectivity index (χ0n) is 10.2. The Hall–Kier alpha value is -1.82. The van der Waals surface area contributed by atoms with Gasteiger partial charge in [0, 0.05) is 0 Å². The highest BCUT2D eigenvalue weighted by Gasteiger charge is 2.13. The van der Waals surface area contributed by atoms with E-state index < -0.39 is 0 Å². The Bertz CT molecular complexity index is 733. The van der Waals surface area contributed by atoms with Crippen molar-refractivity contribution in [2.75, 3.05) is 0 Å². The largest absolute Gasteiger partial charge is 0.0908 e. The summed E-state index contributed by atoms with van der Waals surface area (Å²) in [6.45, 7) is 10.7. The highest BCUT2D eigenvalue weighted by molar-refractivity contribution is 5.89. The van der Waals surface area contributed by atoms with Crippen LogP contribution in [-0.4, -0.2) is 0 Å². The lowest BCUT2D eigenvalue weighted by molar-refractivity contribution is 0.967. The predicted molar refractivity (Wildman–Crippen MR) is 76.2 cm³/mol. The summed E-state index contributed by atoms with van der Waals surface area (Å²) in [7, 11) is 0. The van der Waals surface area contributed by atoms with Gasteiger partial charge in [0.1, 0.15) is 0 Å². The Morgan fingerprint density at radius 3 is 2.35 bits per heavy atom. The van der Waals surface area contributed by atoms with E-state index in [0.717, 1.165) is 18.1 Å². The number of hydrogen-bond donors (Lipinski definition) is 0. The minimum atomic E-state index is 1.10. The molecule has 0 fully saturated rings. The first kappa shape index (κ1) is 10.3. The molecule has 2 aromatic carbocycles. The topological polar surface area (TPSA) is 0 Å². The van der Waals surface area contributed by atoms with Gasteiger partial charge in [-0.25, -0.2) is 0 Å². The van der Waals surface area contributed by atoms with Crippen molar-refractivity contribution in [2.45, 2.75) is 19.8 Å². The van der Waals surface area contributed by atoms with Crippen molar-refractivity contribution >= 4 is 29.5 Å². The molecule has 0 spiro atoms. The quantitative estimate of drug-likeness (QED) is 0.640. The lowest BCUT2D eigenvalue weighted by Crippen LogP contribution is -2.23. The van der Waals surface area contributed by atoms with E-state index in [1.165, 1.54) is 32.7 Å². The fraction of sp³-hybridized carbons (Fsp3) is 0.176. The van der Waals surface area contributed by atoms with Gasteiger partial charge in [-0.05, 0) is 57.7 Å². The van der Waals surface area contributed by atoms with Crippen LogP contribution in [0.25, 0.3) is 29.5 Å². The van der Waals surface area contributed by atoms with Gasteiger partial charge in [-0.1, -0.05) is 43.5 Å². The molecule has 0 atom stereocenters. The summed E-state index contributed by atoms with van der Waals surface area (Å²) in [6.07, 6.45) is 4.53. The van der Waals surface area contributed by atoms with Gasteiger partial charge < -0.3 is 0 Å². The van der Waals surface area contributed by atoms with Gasteiger partial charge >= 0.3 is 0 Å². The van der Waals surface area contributed by atoms with Crippen molar-refractivity contribution in [1.82, 2.24) is 0 Å². The van der Waals surface area contributed by atoms with Crippen molar-refractivity contribution in [3.05, 3.63) is 51.9 Å². The Morgan fingerprint density at radius 2 is 1.65 bits per heavy atom. The number of fused-ring (bicyclic) bond motifs is 2. The maximum Gasteiger partial charge on any atom is -0.0105 e. The number of allylic oxidation sites excluding steroid dienone is 2. The molecule has 0 radical (unpaired) electrons. The maximum atomic E-state index is 4.28. The monoisotopic (exact) mass is 220 g/mol. The van der Waals surface area contributed by atoms with E-state index in [0.29, 0.717) is 0 Å². The molecule has 84 valence electrons. The second kappa shape index (κ2) is 3.59. The minimum Gasteiger partial charge on any atom is -0.0908 e. The van der Waals surface area contributed by atoms with Gasteiger partial charge in [0.2, 0.25) is 0 Å². The normalized spacial score (nSPS) is 14.5. The van der Waals surface area contributed by atoms with Crippen molar-refractivity contribution in [3.8, 4) is 0 Å². The molecule has 0 saturated carbocycles. The lowest BCUT2D eigenvalue weighted by Gasteiger charge is -2.18. The Morgan fingerprint density at radius 1 is 1.00 bits per heavy atom. The van der Waals surface area contributed by atoms with Gasteiger partial charge in [-0.3, -0.25) is 0 Å². The Labute approximate surface area is 102 Å². The van der Waals surface area contributed by atoms with Crippen LogP contribution in [0.2, 0.25) is 0 Å². The van der Waals surface area contributed by atoms with Gasteiger partial charge in [0.05, 0.1) is 0 Å². The van der Waals surface area contributed by atoms with E-state index in [1.807, 2.05) is 0 Å². The maximum absolute atomic E-state index is 4.28. The summed E-state index contributed by atoms with van der Waals surface area (Å²) >= 11 is 0. The lowest BCUT2D eigenvalue weighted by atomic mass is 9.86. The van der Waals surface area contributed by atoms with Crippen LogP contribution < -0.4 is 10.4 Å². The van der Waals surface area contributed by atoms with Crippen LogP contribution in [0.4, 0.5) is 0 Å². The molecule has 1 aliphatic carbocycles. The zero-order valence-corrected chi connectivity index (χ0v) is 10.2. The highest BCUT2D eigenvalue weighted by Crippen LogP contribution is 2.22. The average Bonchev–Trinajstić information content (AvgIpc) is 2.36. The van der Waals surface area contributed by atoms with Gasteiger partial charge in [0.15, 0.2) is 0 Å². The van der Waals surface area contributed by atoms with Crippen LogP contribution in [0.15, 0.2) is 30.3 Å². The Kier molecular flexibility index (Phi) is 2.19. The first-order chi connectivity index (χ1) is 8.20. The fourth-order valence-corrected chi connectivity index (χ4v) is 2.93. The summed E-state index contributed by atoms with van der Waals surface area (Å²) in [6, 6.07) is 8.45. The van der Waals surface area contributed by atoms with Crippen LogP contribution in [0.3, 0.4) is 0 Å². The molecule has 0 heterocycles. The molecule has 3 rings (SSSR count). The van der Waals surface area contributed by atoms with Gasteiger partial charge in [-0.15, -0.1) is 0 Å². The molecule has 17 heavy (non-hydrogen) atoms. The molecule has 2 aromatic rings. The first-order valence-electron chi connectivity index (χ1n) is 6.08. The zero-order chi connectivity index (χ0) is 12.0. The second-order valence-corrected chi connectivity index (χ2v) is 4.78. The summed E-state index contributed by atoms with van der Waals surface area (Å²) in [5, 5.41) is 4.85. The van der Waals surface area contributed by atoms with E-state index >= 15 is 0 Å². The predicted octanol–water partition coefficient (Wildman–Crippen LogP) is 3.01. The molecule has 0 heteroatoms. The molecule has 0 aromatic heterocycles. The smallest absolute Gasteiger partial charge is 0.0105 e. The van der Waals surface area contributed by atoms with Crippen LogP contribution in [0, 0.1) is 0 Å². The third-order valence-electron chi connectivity index (χ3n) is 3.78. The number of benzene rings is 2. The summed E-state index contributed by atoms with van der Waals surface area (Å²) in [4.78, 5) is 0. The number of rotatable bonds is 0. The van der Waals surface area contributed by atoms with E-state index in [1.54, 1.807) is 0 Å². The summed E-state index contributed by atoms with van der Waals surface area (Å²) in [5.74, 6) is 0. The average molecular weight is 220 g/mol. The van der Waals surface area contributed by atoms with Crippen molar-refractivity contribution in [1.29, 1.82) is 0 Å². The summed E-state index contributed by atoms with van der Waals surface area (Å²) in [5.41, 5.74) is 4.08. The minimum absolute atomic E-state index is 1.10. The third kappa shape index (κ3) is 1.37. The molecule has 0 amide bonds. The number of hydrogen-bond acceptors (Lipinski definition) is 0. The molecule has 0 saturated heterocycles. The molecular weight excluding hydrogens is 204 g/mol. The second-order valence-electron chi connectivity index (χ2n) is 4.78. The van der Waals surface area contributed by atoms with Crippen molar-refractivity contribution in [2.24, 2.45) is 0 Å². The Balaban J connectivity index is 2.60. The third-order valence-corrected chi connectivity index (χ3v) is 3.78. The molecule has 0 nitrogen and oxygen atoms in total. The van der Waals surface area contributed by atoms with Crippen LogP contribution >= 0.6 is 0 Å². The fourth-order valence-electron chi connectivity index (χ4n) is 2.93. The van der Waals surface area contributed by atoms with Gasteiger partial charge in [-0.2, -0.15) is 0 Å². The van der Waals surface area contributed by atoms with Crippen LogP contribution in [-0.2, 0) is 6.42 Å². The first-order valence-corrected chi connectivity index (χ1v) is 6.08. The molecule has 0 aliphatic heterocycles. The van der Waals surface area contributed by atoms with Crippen molar-refractivity contribution < 1.29 is 0 Å². The van der Waals surface area contributed by atoms with E-state index in [-0.39, 0.29) is 0 Å². The SMILES string of the molecule is C=c1c2c(c(=C)c3ccccc13)C(C)=CCC2. The van der Waals surface area contributed by atoms with E-state index in [4.69, 9.17) is 0 Å². The molecular formula is C17H16. The molecule has 0 unspecified atom stereocenters.